The van der Waals surface area contributed by atoms with E-state index >= 15 is 0 Å². The van der Waals surface area contributed by atoms with E-state index in [2.05, 4.69) is 17.1 Å². The zero-order valence-corrected chi connectivity index (χ0v) is 14.5. The molecule has 1 saturated heterocycles. The number of carbonyl (C=O) groups is 1. The molecule has 0 aromatic heterocycles. The maximum atomic E-state index is 12.2. The quantitative estimate of drug-likeness (QED) is 0.646. The smallest absolute Gasteiger partial charge is 0.326 e. The molecule has 6 heteroatoms. The van der Waals surface area contributed by atoms with Gasteiger partial charge in [-0.2, -0.15) is 0 Å². The van der Waals surface area contributed by atoms with Gasteiger partial charge in [0.05, 0.1) is 6.61 Å². The first-order valence-corrected chi connectivity index (χ1v) is 9.50. The Morgan fingerprint density at radius 2 is 2.00 bits per heavy atom. The van der Waals surface area contributed by atoms with E-state index in [0.29, 0.717) is 6.61 Å². The maximum Gasteiger partial charge on any atom is 0.326 e. The molecule has 0 saturated carbocycles. The molecule has 1 heterocycles. The van der Waals surface area contributed by atoms with Gasteiger partial charge in [-0.05, 0) is 46.2 Å². The van der Waals surface area contributed by atoms with Gasteiger partial charge in [0, 0.05) is 35.4 Å². The molecule has 1 rings (SSSR count). The average Bonchev–Trinajstić information content (AvgIpc) is 2.47. The molecule has 0 aromatic rings. The van der Waals surface area contributed by atoms with E-state index in [9.17, 15) is 9.00 Å². The van der Waals surface area contributed by atoms with Gasteiger partial charge < -0.3 is 15.0 Å². The Kier molecular flexibility index (Phi) is 8.44. The Balaban J connectivity index is 2.41. The van der Waals surface area contributed by atoms with Gasteiger partial charge in [0.25, 0.3) is 0 Å². The predicted octanol–water partition coefficient (Wildman–Crippen LogP) is 1.15. The van der Waals surface area contributed by atoms with Crippen molar-refractivity contribution in [2.45, 2.75) is 45.6 Å². The van der Waals surface area contributed by atoms with Crippen LogP contribution in [0.2, 0.25) is 0 Å². The van der Waals surface area contributed by atoms with Gasteiger partial charge in [0.1, 0.15) is 5.54 Å². The van der Waals surface area contributed by atoms with Crippen molar-refractivity contribution in [2.24, 2.45) is 0 Å². The second-order valence-electron chi connectivity index (χ2n) is 5.77. The molecular formula is C15H30N2O3S. The van der Waals surface area contributed by atoms with Crippen molar-refractivity contribution in [3.8, 4) is 0 Å². The van der Waals surface area contributed by atoms with Gasteiger partial charge in [0.2, 0.25) is 0 Å². The Labute approximate surface area is 131 Å². The summed E-state index contributed by atoms with van der Waals surface area (Å²) in [5, 5.41) is 3.33. The molecule has 0 spiro atoms. The van der Waals surface area contributed by atoms with E-state index in [-0.39, 0.29) is 5.97 Å². The SMILES string of the molecule is CCCNC(C)(CCCN1CCS(=O)CC1)C(=O)OCC. The van der Waals surface area contributed by atoms with Gasteiger partial charge in [-0.1, -0.05) is 6.92 Å². The Morgan fingerprint density at radius 1 is 1.33 bits per heavy atom. The number of esters is 1. The molecule has 0 bridgehead atoms. The van der Waals surface area contributed by atoms with Crippen molar-refractivity contribution in [2.75, 3.05) is 44.3 Å². The highest BCUT2D eigenvalue weighted by Gasteiger charge is 2.33. The van der Waals surface area contributed by atoms with E-state index in [1.54, 1.807) is 0 Å². The van der Waals surface area contributed by atoms with E-state index < -0.39 is 16.3 Å². The summed E-state index contributed by atoms with van der Waals surface area (Å²) in [7, 11) is -0.626. The number of hydrogen-bond donors (Lipinski definition) is 1. The van der Waals surface area contributed by atoms with Crippen LogP contribution in [0.25, 0.3) is 0 Å². The number of nitrogens with zero attached hydrogens (tertiary/aromatic N) is 1. The van der Waals surface area contributed by atoms with Crippen LogP contribution < -0.4 is 5.32 Å². The van der Waals surface area contributed by atoms with E-state index in [4.69, 9.17) is 4.74 Å². The van der Waals surface area contributed by atoms with Gasteiger partial charge in [-0.3, -0.25) is 9.00 Å². The summed E-state index contributed by atoms with van der Waals surface area (Å²) >= 11 is 0. The van der Waals surface area contributed by atoms with E-state index in [0.717, 1.165) is 56.9 Å². The highest BCUT2D eigenvalue weighted by atomic mass is 32.2. The van der Waals surface area contributed by atoms with Crippen LogP contribution in [-0.2, 0) is 20.3 Å². The van der Waals surface area contributed by atoms with E-state index in [1.807, 2.05) is 13.8 Å². The maximum absolute atomic E-state index is 12.2. The molecule has 1 unspecified atom stereocenters. The molecule has 0 aliphatic carbocycles. The van der Waals surface area contributed by atoms with Gasteiger partial charge in [-0.15, -0.1) is 0 Å². The second-order valence-corrected chi connectivity index (χ2v) is 7.47. The van der Waals surface area contributed by atoms with Crippen LogP contribution in [0, 0.1) is 0 Å². The largest absolute Gasteiger partial charge is 0.465 e. The van der Waals surface area contributed by atoms with Crippen molar-refractivity contribution in [3.63, 3.8) is 0 Å². The lowest BCUT2D eigenvalue weighted by Gasteiger charge is -2.31. The summed E-state index contributed by atoms with van der Waals surface area (Å²) in [6.45, 7) is 9.87. The highest BCUT2D eigenvalue weighted by molar-refractivity contribution is 7.85. The fourth-order valence-electron chi connectivity index (χ4n) is 2.51. The van der Waals surface area contributed by atoms with Crippen LogP contribution >= 0.6 is 0 Å². The third kappa shape index (κ3) is 6.45. The molecule has 1 aliphatic rings. The fourth-order valence-corrected chi connectivity index (χ4v) is 3.64. The molecule has 1 N–H and O–H groups in total. The molecule has 21 heavy (non-hydrogen) atoms. The van der Waals surface area contributed by atoms with Crippen LogP contribution in [0.4, 0.5) is 0 Å². The molecule has 1 atom stereocenters. The van der Waals surface area contributed by atoms with Crippen molar-refractivity contribution in [3.05, 3.63) is 0 Å². The third-order valence-corrected chi connectivity index (χ3v) is 5.19. The number of hydrogen-bond acceptors (Lipinski definition) is 5. The Hall–Kier alpha value is -0.460. The van der Waals surface area contributed by atoms with E-state index in [1.165, 1.54) is 0 Å². The molecular weight excluding hydrogens is 288 g/mol. The number of rotatable bonds is 9. The van der Waals surface area contributed by atoms with Crippen LogP contribution in [0.1, 0.15) is 40.0 Å². The summed E-state index contributed by atoms with van der Waals surface area (Å²) in [4.78, 5) is 14.5. The minimum absolute atomic E-state index is 0.154. The first-order chi connectivity index (χ1) is 10.0. The van der Waals surface area contributed by atoms with Crippen molar-refractivity contribution >= 4 is 16.8 Å². The van der Waals surface area contributed by atoms with Gasteiger partial charge in [-0.25, -0.2) is 0 Å². The predicted molar refractivity (Wildman–Crippen MR) is 86.9 cm³/mol. The standard InChI is InChI=1S/C15H30N2O3S/c1-4-8-16-15(3,14(18)20-5-2)7-6-9-17-10-12-21(19)13-11-17/h16H,4-13H2,1-3H3. The lowest BCUT2D eigenvalue weighted by Crippen LogP contribution is -2.51. The Bertz CT molecular complexity index is 342. The first kappa shape index (κ1) is 18.6. The number of carbonyl (C=O) groups excluding carboxylic acids is 1. The topological polar surface area (TPSA) is 58.6 Å². The molecule has 0 amide bonds. The summed E-state index contributed by atoms with van der Waals surface area (Å²) < 4.78 is 16.5. The lowest BCUT2D eigenvalue weighted by atomic mass is 9.95. The van der Waals surface area contributed by atoms with Crippen molar-refractivity contribution in [1.29, 1.82) is 0 Å². The fraction of sp³-hybridized carbons (Fsp3) is 0.933. The van der Waals surface area contributed by atoms with Crippen molar-refractivity contribution in [1.82, 2.24) is 10.2 Å². The van der Waals surface area contributed by atoms with Gasteiger partial charge in [0.15, 0.2) is 0 Å². The molecule has 1 aliphatic heterocycles. The second kappa shape index (κ2) is 9.54. The van der Waals surface area contributed by atoms with Crippen LogP contribution in [-0.4, -0.2) is 64.9 Å². The number of ether oxygens (including phenoxy) is 1. The zero-order chi connectivity index (χ0) is 15.7. The molecule has 124 valence electrons. The lowest BCUT2D eigenvalue weighted by molar-refractivity contribution is -0.150. The minimum Gasteiger partial charge on any atom is -0.465 e. The summed E-state index contributed by atoms with van der Waals surface area (Å²) in [6, 6.07) is 0. The first-order valence-electron chi connectivity index (χ1n) is 8.01. The van der Waals surface area contributed by atoms with Crippen molar-refractivity contribution < 1.29 is 13.7 Å². The Morgan fingerprint density at radius 3 is 2.57 bits per heavy atom. The minimum atomic E-state index is -0.626. The number of nitrogens with one attached hydrogen (secondary N) is 1. The normalized spacial score (nSPS) is 20.1. The monoisotopic (exact) mass is 318 g/mol. The van der Waals surface area contributed by atoms with Gasteiger partial charge >= 0.3 is 5.97 Å². The van der Waals surface area contributed by atoms with Crippen LogP contribution in [0.3, 0.4) is 0 Å². The zero-order valence-electron chi connectivity index (χ0n) is 13.7. The molecule has 5 nitrogen and oxygen atoms in total. The highest BCUT2D eigenvalue weighted by Crippen LogP contribution is 2.16. The molecule has 0 radical (unpaired) electrons. The van der Waals surface area contributed by atoms with Crippen LogP contribution in [0.15, 0.2) is 0 Å². The molecule has 1 fully saturated rings. The third-order valence-electron chi connectivity index (χ3n) is 3.91. The summed E-state index contributed by atoms with van der Waals surface area (Å²) in [5.74, 6) is 1.41. The average molecular weight is 318 g/mol. The summed E-state index contributed by atoms with van der Waals surface area (Å²) in [5.41, 5.74) is -0.593. The summed E-state index contributed by atoms with van der Waals surface area (Å²) in [6.07, 6.45) is 2.71. The molecule has 0 aromatic carbocycles. The van der Waals surface area contributed by atoms with Crippen LogP contribution in [0.5, 0.6) is 0 Å².